The van der Waals surface area contributed by atoms with Crippen LogP contribution < -0.4 is 5.32 Å². The number of amides is 1. The molecule has 2 aromatic rings. The molecule has 0 bridgehead atoms. The van der Waals surface area contributed by atoms with Crippen LogP contribution >= 0.6 is 11.3 Å². The number of hydrogen-bond donors (Lipinski definition) is 1. The van der Waals surface area contributed by atoms with Crippen molar-refractivity contribution in [3.05, 3.63) is 46.5 Å². The maximum atomic E-state index is 11.8. The third kappa shape index (κ3) is 4.17. The fourth-order valence-electron chi connectivity index (χ4n) is 1.79. The Morgan fingerprint density at radius 3 is 2.53 bits per heavy atom. The van der Waals surface area contributed by atoms with Crippen molar-refractivity contribution in [3.8, 4) is 0 Å². The number of aromatic nitrogens is 1. The SMILES string of the molecule is CCc1ccc(CCC(=O)Nc2nc(C)cs2)cc1. The zero-order valence-electron chi connectivity index (χ0n) is 11.3. The molecule has 0 aliphatic heterocycles. The average molecular weight is 274 g/mol. The van der Waals surface area contributed by atoms with Gasteiger partial charge in [-0.3, -0.25) is 4.79 Å². The summed E-state index contributed by atoms with van der Waals surface area (Å²) in [5.74, 6) is 0.0221. The van der Waals surface area contributed by atoms with Crippen molar-refractivity contribution in [3.63, 3.8) is 0 Å². The lowest BCUT2D eigenvalue weighted by molar-refractivity contribution is -0.116. The number of nitrogens with zero attached hydrogens (tertiary/aromatic N) is 1. The predicted molar refractivity (Wildman–Crippen MR) is 79.6 cm³/mol. The number of benzene rings is 1. The minimum absolute atomic E-state index is 0.0221. The van der Waals surface area contributed by atoms with E-state index in [9.17, 15) is 4.79 Å². The summed E-state index contributed by atoms with van der Waals surface area (Å²) in [7, 11) is 0. The van der Waals surface area contributed by atoms with Gasteiger partial charge in [0, 0.05) is 11.8 Å². The maximum absolute atomic E-state index is 11.8. The van der Waals surface area contributed by atoms with Crippen LogP contribution in [-0.2, 0) is 17.6 Å². The molecule has 4 heteroatoms. The van der Waals surface area contributed by atoms with Crippen molar-refractivity contribution >= 4 is 22.4 Å². The highest BCUT2D eigenvalue weighted by atomic mass is 32.1. The number of nitrogens with one attached hydrogen (secondary N) is 1. The highest BCUT2D eigenvalue weighted by Crippen LogP contribution is 2.15. The molecule has 0 aliphatic rings. The minimum Gasteiger partial charge on any atom is -0.302 e. The Hall–Kier alpha value is -1.68. The molecule has 1 heterocycles. The lowest BCUT2D eigenvalue weighted by atomic mass is 10.1. The third-order valence-corrected chi connectivity index (χ3v) is 3.81. The van der Waals surface area contributed by atoms with Gasteiger partial charge in [-0.15, -0.1) is 11.3 Å². The summed E-state index contributed by atoms with van der Waals surface area (Å²) in [6.07, 6.45) is 2.30. The molecule has 0 spiro atoms. The van der Waals surface area contributed by atoms with Gasteiger partial charge in [0.25, 0.3) is 0 Å². The normalized spacial score (nSPS) is 10.4. The van der Waals surface area contributed by atoms with Crippen LogP contribution in [0.1, 0.15) is 30.2 Å². The topological polar surface area (TPSA) is 42.0 Å². The minimum atomic E-state index is 0.0221. The van der Waals surface area contributed by atoms with Gasteiger partial charge in [-0.1, -0.05) is 31.2 Å². The second-order valence-electron chi connectivity index (χ2n) is 4.51. The van der Waals surface area contributed by atoms with E-state index < -0.39 is 0 Å². The number of hydrogen-bond acceptors (Lipinski definition) is 3. The summed E-state index contributed by atoms with van der Waals surface area (Å²) in [4.78, 5) is 16.0. The van der Waals surface area contributed by atoms with Crippen molar-refractivity contribution < 1.29 is 4.79 Å². The number of aryl methyl sites for hydroxylation is 3. The molecule has 0 unspecified atom stereocenters. The van der Waals surface area contributed by atoms with Gasteiger partial charge in [0.2, 0.25) is 5.91 Å². The Bertz CT molecular complexity index is 546. The molecule has 0 saturated carbocycles. The number of carbonyl (C=O) groups is 1. The molecule has 1 aromatic carbocycles. The molecular formula is C15H18N2OS. The van der Waals surface area contributed by atoms with Gasteiger partial charge in [-0.25, -0.2) is 4.98 Å². The molecule has 1 amide bonds. The van der Waals surface area contributed by atoms with Crippen LogP contribution in [0.15, 0.2) is 29.6 Å². The zero-order chi connectivity index (χ0) is 13.7. The largest absolute Gasteiger partial charge is 0.302 e. The first-order valence-corrected chi connectivity index (χ1v) is 7.35. The van der Waals surface area contributed by atoms with E-state index >= 15 is 0 Å². The second-order valence-corrected chi connectivity index (χ2v) is 5.37. The highest BCUT2D eigenvalue weighted by Gasteiger charge is 2.05. The van der Waals surface area contributed by atoms with E-state index in [1.54, 1.807) is 0 Å². The Balaban J connectivity index is 1.82. The first-order chi connectivity index (χ1) is 9.17. The predicted octanol–water partition coefficient (Wildman–Crippen LogP) is 3.59. The number of rotatable bonds is 5. The Labute approximate surface area is 117 Å². The monoisotopic (exact) mass is 274 g/mol. The maximum Gasteiger partial charge on any atom is 0.226 e. The lowest BCUT2D eigenvalue weighted by Gasteiger charge is -2.03. The number of thiazole rings is 1. The van der Waals surface area contributed by atoms with Crippen molar-refractivity contribution in [1.82, 2.24) is 4.98 Å². The quantitative estimate of drug-likeness (QED) is 0.905. The second kappa shape index (κ2) is 6.48. The van der Waals surface area contributed by atoms with Gasteiger partial charge in [0.1, 0.15) is 0 Å². The van der Waals surface area contributed by atoms with Crippen LogP contribution in [0.3, 0.4) is 0 Å². The van der Waals surface area contributed by atoms with Crippen LogP contribution in [-0.4, -0.2) is 10.9 Å². The zero-order valence-corrected chi connectivity index (χ0v) is 12.1. The molecule has 0 saturated heterocycles. The van der Waals surface area contributed by atoms with E-state index in [4.69, 9.17) is 0 Å². The van der Waals surface area contributed by atoms with Gasteiger partial charge < -0.3 is 5.32 Å². The van der Waals surface area contributed by atoms with E-state index in [0.717, 1.165) is 18.5 Å². The summed E-state index contributed by atoms with van der Waals surface area (Å²) in [5.41, 5.74) is 3.46. The fraction of sp³-hybridized carbons (Fsp3) is 0.333. The van der Waals surface area contributed by atoms with Crippen LogP contribution in [0, 0.1) is 6.92 Å². The lowest BCUT2D eigenvalue weighted by Crippen LogP contribution is -2.12. The van der Waals surface area contributed by atoms with Gasteiger partial charge in [-0.2, -0.15) is 0 Å². The first kappa shape index (κ1) is 13.7. The smallest absolute Gasteiger partial charge is 0.226 e. The standard InChI is InChI=1S/C15H18N2OS/c1-3-12-4-6-13(7-5-12)8-9-14(18)17-15-16-11(2)10-19-15/h4-7,10H,3,8-9H2,1-2H3,(H,16,17,18). The summed E-state index contributed by atoms with van der Waals surface area (Å²) >= 11 is 1.46. The van der Waals surface area contributed by atoms with Crippen LogP contribution in [0.4, 0.5) is 5.13 Å². The van der Waals surface area contributed by atoms with Crippen molar-refractivity contribution in [2.24, 2.45) is 0 Å². The number of anilines is 1. The summed E-state index contributed by atoms with van der Waals surface area (Å²) < 4.78 is 0. The third-order valence-electron chi connectivity index (χ3n) is 2.94. The Morgan fingerprint density at radius 1 is 1.26 bits per heavy atom. The van der Waals surface area contributed by atoms with Gasteiger partial charge in [0.05, 0.1) is 5.69 Å². The van der Waals surface area contributed by atoms with Gasteiger partial charge >= 0.3 is 0 Å². The summed E-state index contributed by atoms with van der Waals surface area (Å²) in [6.45, 7) is 4.06. The average Bonchev–Trinajstić information content (AvgIpc) is 2.82. The molecule has 100 valence electrons. The molecule has 1 N–H and O–H groups in total. The van der Waals surface area contributed by atoms with Crippen molar-refractivity contribution in [1.29, 1.82) is 0 Å². The fourth-order valence-corrected chi connectivity index (χ4v) is 2.50. The van der Waals surface area contributed by atoms with E-state index in [1.807, 2.05) is 12.3 Å². The molecule has 1 aromatic heterocycles. The molecule has 0 radical (unpaired) electrons. The molecule has 0 atom stereocenters. The Morgan fingerprint density at radius 2 is 1.95 bits per heavy atom. The van der Waals surface area contributed by atoms with E-state index in [0.29, 0.717) is 11.6 Å². The summed E-state index contributed by atoms with van der Waals surface area (Å²) in [5, 5.41) is 5.44. The molecule has 0 aliphatic carbocycles. The molecule has 19 heavy (non-hydrogen) atoms. The first-order valence-electron chi connectivity index (χ1n) is 6.47. The van der Waals surface area contributed by atoms with Crippen LogP contribution in [0.2, 0.25) is 0 Å². The van der Waals surface area contributed by atoms with Gasteiger partial charge in [0.15, 0.2) is 5.13 Å². The summed E-state index contributed by atoms with van der Waals surface area (Å²) in [6, 6.07) is 8.44. The molecular weight excluding hydrogens is 256 g/mol. The van der Waals surface area contributed by atoms with Crippen molar-refractivity contribution in [2.45, 2.75) is 33.1 Å². The van der Waals surface area contributed by atoms with Crippen LogP contribution in [0.5, 0.6) is 0 Å². The van der Waals surface area contributed by atoms with Crippen LogP contribution in [0.25, 0.3) is 0 Å². The van der Waals surface area contributed by atoms with Crippen molar-refractivity contribution in [2.75, 3.05) is 5.32 Å². The van der Waals surface area contributed by atoms with E-state index in [2.05, 4.69) is 41.5 Å². The molecule has 3 nitrogen and oxygen atoms in total. The molecule has 0 fully saturated rings. The van der Waals surface area contributed by atoms with E-state index in [-0.39, 0.29) is 5.91 Å². The number of carbonyl (C=O) groups excluding carboxylic acids is 1. The van der Waals surface area contributed by atoms with Gasteiger partial charge in [-0.05, 0) is 30.9 Å². The highest BCUT2D eigenvalue weighted by molar-refractivity contribution is 7.13. The molecule has 2 rings (SSSR count). The Kier molecular flexibility index (Phi) is 4.68. The van der Waals surface area contributed by atoms with E-state index in [1.165, 1.54) is 22.5 Å².